The van der Waals surface area contributed by atoms with E-state index in [4.69, 9.17) is 19.4 Å². The van der Waals surface area contributed by atoms with Gasteiger partial charge in [0.1, 0.15) is 11.2 Å². The van der Waals surface area contributed by atoms with Crippen LogP contribution in [0, 0.1) is 0 Å². The minimum atomic E-state index is 0.614. The molecule has 6 aromatic carbocycles. The van der Waals surface area contributed by atoms with Crippen molar-refractivity contribution in [2.24, 2.45) is 0 Å². The summed E-state index contributed by atoms with van der Waals surface area (Å²) in [4.78, 5) is 15.1. The van der Waals surface area contributed by atoms with E-state index in [9.17, 15) is 0 Å². The van der Waals surface area contributed by atoms with Crippen molar-refractivity contribution in [1.82, 2.24) is 15.0 Å². The Morgan fingerprint density at radius 2 is 0.927 bits per heavy atom. The van der Waals surface area contributed by atoms with E-state index >= 15 is 0 Å². The average Bonchev–Trinajstić information content (AvgIpc) is 3.45. The number of fused-ring (bicyclic) bond motifs is 5. The lowest BCUT2D eigenvalue weighted by molar-refractivity contribution is 0.672. The van der Waals surface area contributed by atoms with E-state index < -0.39 is 0 Å². The molecular weight excluding hydrogens is 502 g/mol. The van der Waals surface area contributed by atoms with Crippen LogP contribution in [0.4, 0.5) is 0 Å². The van der Waals surface area contributed by atoms with Gasteiger partial charge in [-0.1, -0.05) is 127 Å². The van der Waals surface area contributed by atoms with Gasteiger partial charge in [0.05, 0.1) is 0 Å². The van der Waals surface area contributed by atoms with E-state index in [1.54, 1.807) is 0 Å². The Morgan fingerprint density at radius 1 is 0.415 bits per heavy atom. The molecule has 0 amide bonds. The number of furan rings is 1. The minimum absolute atomic E-state index is 0.614. The van der Waals surface area contributed by atoms with Crippen LogP contribution in [-0.4, -0.2) is 15.0 Å². The van der Waals surface area contributed by atoms with E-state index in [0.717, 1.165) is 55.0 Å². The lowest BCUT2D eigenvalue weighted by atomic mass is 9.99. The fourth-order valence-corrected chi connectivity index (χ4v) is 5.52. The van der Waals surface area contributed by atoms with E-state index in [1.165, 1.54) is 5.56 Å². The highest BCUT2D eigenvalue weighted by atomic mass is 16.3. The van der Waals surface area contributed by atoms with Gasteiger partial charge in [0, 0.05) is 32.8 Å². The fourth-order valence-electron chi connectivity index (χ4n) is 5.52. The fraction of sp³-hybridized carbons (Fsp3) is 0. The Balaban J connectivity index is 1.38. The number of aromatic nitrogens is 3. The zero-order valence-corrected chi connectivity index (χ0v) is 22.0. The monoisotopic (exact) mass is 525 g/mol. The topological polar surface area (TPSA) is 51.8 Å². The van der Waals surface area contributed by atoms with Gasteiger partial charge in [0.15, 0.2) is 17.5 Å². The smallest absolute Gasteiger partial charge is 0.164 e. The van der Waals surface area contributed by atoms with Gasteiger partial charge in [-0.25, -0.2) is 15.0 Å². The van der Waals surface area contributed by atoms with Gasteiger partial charge >= 0.3 is 0 Å². The van der Waals surface area contributed by atoms with Crippen molar-refractivity contribution in [3.63, 3.8) is 0 Å². The third-order valence-corrected chi connectivity index (χ3v) is 7.53. The van der Waals surface area contributed by atoms with Gasteiger partial charge in [-0.05, 0) is 28.6 Å². The van der Waals surface area contributed by atoms with Gasteiger partial charge in [-0.15, -0.1) is 0 Å². The van der Waals surface area contributed by atoms with Crippen molar-refractivity contribution in [1.29, 1.82) is 0 Å². The first-order chi connectivity index (χ1) is 20.3. The SMILES string of the molecule is c1ccc(-c2ccc(-c3nc(-c4ccccc4)nc(-c4cc5ccccc5c5oc6ccccc6c45)n3)cc2)cc1. The van der Waals surface area contributed by atoms with Crippen molar-refractivity contribution in [2.75, 3.05) is 0 Å². The first kappa shape index (κ1) is 23.3. The van der Waals surface area contributed by atoms with Crippen LogP contribution < -0.4 is 0 Å². The molecule has 0 fully saturated rings. The van der Waals surface area contributed by atoms with Crippen LogP contribution in [0.25, 0.3) is 78.0 Å². The first-order valence-corrected chi connectivity index (χ1v) is 13.6. The molecule has 0 N–H and O–H groups in total. The van der Waals surface area contributed by atoms with Crippen molar-refractivity contribution >= 4 is 32.7 Å². The molecule has 0 spiro atoms. The lowest BCUT2D eigenvalue weighted by Crippen LogP contribution is -2.00. The van der Waals surface area contributed by atoms with Crippen LogP contribution in [0.3, 0.4) is 0 Å². The van der Waals surface area contributed by atoms with Crippen molar-refractivity contribution < 1.29 is 4.42 Å². The molecular formula is C37H23N3O. The molecule has 0 saturated heterocycles. The molecule has 2 aromatic heterocycles. The summed E-state index contributed by atoms with van der Waals surface area (Å²) >= 11 is 0. The zero-order valence-electron chi connectivity index (χ0n) is 22.0. The number of rotatable bonds is 4. The summed E-state index contributed by atoms with van der Waals surface area (Å²) in [6.45, 7) is 0. The maximum Gasteiger partial charge on any atom is 0.164 e. The predicted octanol–water partition coefficient (Wildman–Crippen LogP) is 9.59. The quantitative estimate of drug-likeness (QED) is 0.230. The zero-order chi connectivity index (χ0) is 27.2. The van der Waals surface area contributed by atoms with Crippen LogP contribution >= 0.6 is 0 Å². The molecule has 41 heavy (non-hydrogen) atoms. The predicted molar refractivity (Wildman–Crippen MR) is 166 cm³/mol. The highest BCUT2D eigenvalue weighted by Crippen LogP contribution is 2.40. The highest BCUT2D eigenvalue weighted by molar-refractivity contribution is 6.20. The minimum Gasteiger partial charge on any atom is -0.455 e. The van der Waals surface area contributed by atoms with Crippen molar-refractivity contribution in [3.8, 4) is 45.3 Å². The van der Waals surface area contributed by atoms with Crippen LogP contribution in [-0.2, 0) is 0 Å². The molecule has 0 saturated carbocycles. The summed E-state index contributed by atoms with van der Waals surface area (Å²) in [5.41, 5.74) is 6.79. The summed E-state index contributed by atoms with van der Waals surface area (Å²) in [6.07, 6.45) is 0. The summed E-state index contributed by atoms with van der Waals surface area (Å²) in [5, 5.41) is 4.19. The van der Waals surface area contributed by atoms with Crippen molar-refractivity contribution in [2.45, 2.75) is 0 Å². The summed E-state index contributed by atoms with van der Waals surface area (Å²) in [5.74, 6) is 1.87. The Hall–Kier alpha value is -5.61. The molecule has 0 aliphatic heterocycles. The third-order valence-electron chi connectivity index (χ3n) is 7.53. The molecule has 4 nitrogen and oxygen atoms in total. The molecule has 192 valence electrons. The Bertz CT molecular complexity index is 2180. The van der Waals surface area contributed by atoms with E-state index in [1.807, 2.05) is 66.7 Å². The van der Waals surface area contributed by atoms with Crippen molar-refractivity contribution in [3.05, 3.63) is 140 Å². The van der Waals surface area contributed by atoms with E-state index in [0.29, 0.717) is 17.5 Å². The summed E-state index contributed by atoms with van der Waals surface area (Å²) < 4.78 is 6.44. The molecule has 0 unspecified atom stereocenters. The van der Waals surface area contributed by atoms with Gasteiger partial charge in [0.2, 0.25) is 0 Å². The second kappa shape index (κ2) is 9.54. The summed E-state index contributed by atoms with van der Waals surface area (Å²) in [6, 6.07) is 47.5. The maximum absolute atomic E-state index is 6.44. The standard InChI is InChI=1S/C37H23N3O/c1-3-11-24(12-4-1)25-19-21-27(22-20-25)36-38-35(26-13-5-2-6-14-26)39-37(40-36)31-23-28-15-7-8-16-29(28)34-33(31)30-17-9-10-18-32(30)41-34/h1-23H. The van der Waals surface area contributed by atoms with Crippen LogP contribution in [0.5, 0.6) is 0 Å². The molecule has 2 heterocycles. The van der Waals surface area contributed by atoms with E-state index in [2.05, 4.69) is 72.8 Å². The second-order valence-electron chi connectivity index (χ2n) is 10.1. The van der Waals surface area contributed by atoms with Gasteiger partial charge < -0.3 is 4.42 Å². The Labute approximate surface area is 236 Å². The number of hydrogen-bond donors (Lipinski definition) is 0. The molecule has 8 aromatic rings. The number of hydrogen-bond acceptors (Lipinski definition) is 4. The molecule has 4 heteroatoms. The average molecular weight is 526 g/mol. The maximum atomic E-state index is 6.44. The lowest BCUT2D eigenvalue weighted by Gasteiger charge is -2.11. The highest BCUT2D eigenvalue weighted by Gasteiger charge is 2.20. The number of benzene rings is 6. The molecule has 0 aliphatic rings. The Kier molecular flexibility index (Phi) is 5.42. The molecule has 0 atom stereocenters. The number of para-hydroxylation sites is 1. The molecule has 8 rings (SSSR count). The largest absolute Gasteiger partial charge is 0.455 e. The first-order valence-electron chi connectivity index (χ1n) is 13.6. The van der Waals surface area contributed by atoms with Gasteiger partial charge in [0.25, 0.3) is 0 Å². The molecule has 0 bridgehead atoms. The molecule has 0 radical (unpaired) electrons. The van der Waals surface area contributed by atoms with Gasteiger partial charge in [-0.2, -0.15) is 0 Å². The van der Waals surface area contributed by atoms with Crippen LogP contribution in [0.15, 0.2) is 144 Å². The number of nitrogens with zero attached hydrogens (tertiary/aromatic N) is 3. The third kappa shape index (κ3) is 4.05. The second-order valence-corrected chi connectivity index (χ2v) is 10.1. The van der Waals surface area contributed by atoms with E-state index in [-0.39, 0.29) is 0 Å². The molecule has 0 aliphatic carbocycles. The van der Waals surface area contributed by atoms with Crippen LogP contribution in [0.2, 0.25) is 0 Å². The van der Waals surface area contributed by atoms with Crippen LogP contribution in [0.1, 0.15) is 0 Å². The normalized spacial score (nSPS) is 11.4. The van der Waals surface area contributed by atoms with Gasteiger partial charge in [-0.3, -0.25) is 0 Å². The Morgan fingerprint density at radius 3 is 1.66 bits per heavy atom. The summed E-state index contributed by atoms with van der Waals surface area (Å²) in [7, 11) is 0.